The Balaban J connectivity index is 1.83. The van der Waals surface area contributed by atoms with E-state index in [0.717, 1.165) is 32.3 Å². The third-order valence-corrected chi connectivity index (χ3v) is 4.99. The van der Waals surface area contributed by atoms with Gasteiger partial charge in [-0.15, -0.1) is 11.3 Å². The van der Waals surface area contributed by atoms with E-state index in [-0.39, 0.29) is 0 Å². The van der Waals surface area contributed by atoms with Crippen LogP contribution in [-0.4, -0.2) is 19.9 Å². The molecule has 0 spiro atoms. The van der Waals surface area contributed by atoms with Gasteiger partial charge in [-0.25, -0.2) is 19.9 Å². The number of rotatable bonds is 3. The second-order valence-electron chi connectivity index (χ2n) is 4.76. The van der Waals surface area contributed by atoms with Gasteiger partial charge in [0.05, 0.1) is 11.1 Å². The second kappa shape index (κ2) is 5.57. The van der Waals surface area contributed by atoms with Crippen LogP contribution in [0.1, 0.15) is 22.8 Å². The first-order valence-electron chi connectivity index (χ1n) is 6.49. The molecule has 108 valence electrons. The van der Waals surface area contributed by atoms with Crippen LogP contribution in [0.25, 0.3) is 10.2 Å². The molecule has 0 saturated carbocycles. The number of hydrogen-bond donors (Lipinski definition) is 1. The molecule has 3 aromatic heterocycles. The fourth-order valence-electron chi connectivity index (χ4n) is 1.92. The van der Waals surface area contributed by atoms with E-state index < -0.39 is 0 Å². The molecule has 7 heteroatoms. The molecule has 21 heavy (non-hydrogen) atoms. The van der Waals surface area contributed by atoms with Gasteiger partial charge in [0, 0.05) is 11.4 Å². The molecule has 0 radical (unpaired) electrons. The van der Waals surface area contributed by atoms with Crippen molar-refractivity contribution >= 4 is 39.1 Å². The number of aryl methyl sites for hydroxylation is 2. The van der Waals surface area contributed by atoms with Crippen molar-refractivity contribution in [3.8, 4) is 0 Å². The number of nitrogens with two attached hydrogens (primary N) is 1. The lowest BCUT2D eigenvalue weighted by Crippen LogP contribution is -2.01. The van der Waals surface area contributed by atoms with E-state index in [1.54, 1.807) is 11.3 Å². The Morgan fingerprint density at radius 2 is 1.81 bits per heavy atom. The molecule has 3 heterocycles. The zero-order valence-electron chi connectivity index (χ0n) is 12.0. The number of hydrogen-bond acceptors (Lipinski definition) is 7. The number of thiophene rings is 1. The van der Waals surface area contributed by atoms with Gasteiger partial charge in [-0.3, -0.25) is 0 Å². The zero-order chi connectivity index (χ0) is 15.0. The Kier molecular flexibility index (Phi) is 3.77. The maximum absolute atomic E-state index is 5.95. The van der Waals surface area contributed by atoms with Gasteiger partial charge in [0.15, 0.2) is 5.16 Å². The van der Waals surface area contributed by atoms with Gasteiger partial charge in [0.2, 0.25) is 0 Å². The predicted molar refractivity (Wildman–Crippen MR) is 87.6 cm³/mol. The highest BCUT2D eigenvalue weighted by Gasteiger charge is 2.09. The summed E-state index contributed by atoms with van der Waals surface area (Å²) in [6.45, 7) is 6.04. The van der Waals surface area contributed by atoms with Crippen LogP contribution in [0.3, 0.4) is 0 Å². The number of nitrogens with zero attached hydrogens (tertiary/aromatic N) is 4. The Labute approximate surface area is 131 Å². The minimum absolute atomic E-state index is 0.536. The summed E-state index contributed by atoms with van der Waals surface area (Å²) in [5.74, 6) is 1.86. The summed E-state index contributed by atoms with van der Waals surface area (Å²) in [7, 11) is 0. The molecular formula is C14H15N5S2. The first kappa shape index (κ1) is 14.2. The van der Waals surface area contributed by atoms with Crippen LogP contribution in [0, 0.1) is 20.8 Å². The van der Waals surface area contributed by atoms with Gasteiger partial charge in [0.25, 0.3) is 0 Å². The van der Waals surface area contributed by atoms with Gasteiger partial charge in [-0.05, 0) is 37.8 Å². The molecule has 0 unspecified atom stereocenters. The first-order chi connectivity index (χ1) is 10.0. The monoisotopic (exact) mass is 317 g/mol. The third kappa shape index (κ3) is 2.84. The smallest absolute Gasteiger partial charge is 0.188 e. The van der Waals surface area contributed by atoms with Crippen molar-refractivity contribution in [2.45, 2.75) is 31.7 Å². The summed E-state index contributed by atoms with van der Waals surface area (Å²) < 4.78 is 0. The maximum Gasteiger partial charge on any atom is 0.188 e. The Morgan fingerprint density at radius 3 is 2.52 bits per heavy atom. The zero-order valence-corrected chi connectivity index (χ0v) is 13.7. The van der Waals surface area contributed by atoms with Gasteiger partial charge in [-0.2, -0.15) is 0 Å². The van der Waals surface area contributed by atoms with E-state index in [2.05, 4.69) is 19.9 Å². The molecule has 0 saturated heterocycles. The molecule has 0 aromatic carbocycles. The quantitative estimate of drug-likeness (QED) is 0.590. The number of anilines is 1. The fraction of sp³-hybridized carbons (Fsp3) is 0.286. The van der Waals surface area contributed by atoms with Crippen molar-refractivity contribution < 1.29 is 0 Å². The lowest BCUT2D eigenvalue weighted by molar-refractivity contribution is 0.879. The standard InChI is InChI=1S/C14H15N5S2/c1-7-8(2)16-14(17-9(7)3)21-6-11-18-12(15)10-4-5-20-13(10)19-11/h4-5H,6H2,1-3H3,(H2,15,18,19). The normalized spacial score (nSPS) is 11.2. The Bertz CT molecular complexity index is 789. The van der Waals surface area contributed by atoms with E-state index in [0.29, 0.717) is 17.4 Å². The minimum Gasteiger partial charge on any atom is -0.383 e. The highest BCUT2D eigenvalue weighted by Crippen LogP contribution is 2.25. The van der Waals surface area contributed by atoms with Crippen molar-refractivity contribution in [1.29, 1.82) is 0 Å². The molecule has 3 rings (SSSR count). The Morgan fingerprint density at radius 1 is 1.10 bits per heavy atom. The molecule has 2 N–H and O–H groups in total. The highest BCUT2D eigenvalue weighted by molar-refractivity contribution is 7.98. The fourth-order valence-corrected chi connectivity index (χ4v) is 3.50. The topological polar surface area (TPSA) is 77.6 Å². The summed E-state index contributed by atoms with van der Waals surface area (Å²) in [5, 5.41) is 3.65. The van der Waals surface area contributed by atoms with Crippen molar-refractivity contribution in [3.05, 3.63) is 34.2 Å². The van der Waals surface area contributed by atoms with Crippen LogP contribution in [0.4, 0.5) is 5.82 Å². The van der Waals surface area contributed by atoms with Crippen molar-refractivity contribution in [1.82, 2.24) is 19.9 Å². The summed E-state index contributed by atoms with van der Waals surface area (Å²) in [6, 6.07) is 1.95. The van der Waals surface area contributed by atoms with Gasteiger partial charge >= 0.3 is 0 Å². The van der Waals surface area contributed by atoms with E-state index >= 15 is 0 Å². The first-order valence-corrected chi connectivity index (χ1v) is 8.35. The largest absolute Gasteiger partial charge is 0.383 e. The summed E-state index contributed by atoms with van der Waals surface area (Å²) >= 11 is 3.10. The van der Waals surface area contributed by atoms with Crippen LogP contribution in [-0.2, 0) is 5.75 Å². The summed E-state index contributed by atoms with van der Waals surface area (Å²) in [4.78, 5) is 18.8. The van der Waals surface area contributed by atoms with E-state index in [9.17, 15) is 0 Å². The molecule has 0 aliphatic carbocycles. The highest BCUT2D eigenvalue weighted by atomic mass is 32.2. The Hall–Kier alpha value is -1.73. The number of thioether (sulfide) groups is 1. The lowest BCUT2D eigenvalue weighted by atomic mass is 10.2. The van der Waals surface area contributed by atoms with Crippen molar-refractivity contribution in [3.63, 3.8) is 0 Å². The number of aromatic nitrogens is 4. The molecule has 0 aliphatic heterocycles. The molecule has 0 amide bonds. The predicted octanol–water partition coefficient (Wildman–Crippen LogP) is 3.28. The van der Waals surface area contributed by atoms with Crippen molar-refractivity contribution in [2.75, 3.05) is 5.73 Å². The van der Waals surface area contributed by atoms with Gasteiger partial charge in [0.1, 0.15) is 16.5 Å². The average molecular weight is 317 g/mol. The number of nitrogen functional groups attached to an aromatic ring is 1. The molecule has 0 aliphatic rings. The molecule has 3 aromatic rings. The molecule has 0 atom stereocenters. The van der Waals surface area contributed by atoms with Crippen molar-refractivity contribution in [2.24, 2.45) is 0 Å². The molecule has 5 nitrogen and oxygen atoms in total. The average Bonchev–Trinajstić information content (AvgIpc) is 2.91. The molecular weight excluding hydrogens is 302 g/mol. The van der Waals surface area contributed by atoms with Crippen LogP contribution < -0.4 is 5.73 Å². The van der Waals surface area contributed by atoms with E-state index in [1.807, 2.05) is 32.2 Å². The van der Waals surface area contributed by atoms with E-state index in [4.69, 9.17) is 5.73 Å². The van der Waals surface area contributed by atoms with Crippen LogP contribution in [0.5, 0.6) is 0 Å². The van der Waals surface area contributed by atoms with Crippen LogP contribution >= 0.6 is 23.1 Å². The third-order valence-electron chi connectivity index (χ3n) is 3.34. The lowest BCUT2D eigenvalue weighted by Gasteiger charge is -2.06. The molecule has 0 fully saturated rings. The summed E-state index contributed by atoms with van der Waals surface area (Å²) in [6.07, 6.45) is 0. The maximum atomic E-state index is 5.95. The van der Waals surface area contributed by atoms with E-state index in [1.165, 1.54) is 11.8 Å². The second-order valence-corrected chi connectivity index (χ2v) is 6.59. The van der Waals surface area contributed by atoms with Gasteiger partial charge < -0.3 is 5.73 Å². The van der Waals surface area contributed by atoms with Crippen LogP contribution in [0.2, 0.25) is 0 Å². The number of fused-ring (bicyclic) bond motifs is 1. The van der Waals surface area contributed by atoms with Gasteiger partial charge in [-0.1, -0.05) is 11.8 Å². The minimum atomic E-state index is 0.536. The SMILES string of the molecule is Cc1nc(SCc2nc(N)c3ccsc3n2)nc(C)c1C. The van der Waals surface area contributed by atoms with Crippen LogP contribution in [0.15, 0.2) is 16.6 Å². The molecule has 0 bridgehead atoms. The summed E-state index contributed by atoms with van der Waals surface area (Å²) in [5.41, 5.74) is 9.12.